The van der Waals surface area contributed by atoms with Gasteiger partial charge in [0.2, 0.25) is 5.82 Å². The predicted octanol–water partition coefficient (Wildman–Crippen LogP) is 7.58. The molecule has 4 aromatic rings. The maximum Gasteiger partial charge on any atom is 0.410 e. The SMILES string of the molecule is [2H]C([2H])([2H])N(Cc1ccnc2ccc(-c3ccc(F)c(F)c3OCCc3c(C(=O)C4(C)CCC4)nn(C)c3C)cc12)C(=O)OC(C)(C)C. The molecule has 8 nitrogen and oxygen atoms in total. The highest BCUT2D eigenvalue weighted by Crippen LogP contribution is 2.43. The zero-order chi connectivity index (χ0) is 35.2. The number of Topliss-reactive ketones (excluding diaryl/α,β-unsaturated/α-hetero) is 1. The number of hydrogen-bond donors (Lipinski definition) is 0. The summed E-state index contributed by atoms with van der Waals surface area (Å²) in [7, 11) is 1.76. The maximum absolute atomic E-state index is 15.4. The predicted molar refractivity (Wildman–Crippen MR) is 168 cm³/mol. The fourth-order valence-corrected chi connectivity index (χ4v) is 5.57. The number of aryl methyl sites for hydroxylation is 1. The first-order valence-corrected chi connectivity index (χ1v) is 15.0. The van der Waals surface area contributed by atoms with Gasteiger partial charge in [-0.3, -0.25) is 14.5 Å². The molecule has 0 atom stereocenters. The van der Waals surface area contributed by atoms with Crippen LogP contribution in [0.3, 0.4) is 0 Å². The Bertz CT molecular complexity index is 1880. The van der Waals surface area contributed by atoms with Gasteiger partial charge in [-0.25, -0.2) is 9.18 Å². The first kappa shape index (κ1) is 28.2. The van der Waals surface area contributed by atoms with E-state index in [-0.39, 0.29) is 36.7 Å². The number of hydrogen-bond acceptors (Lipinski definition) is 6. The van der Waals surface area contributed by atoms with E-state index in [1.807, 2.05) is 13.8 Å². The van der Waals surface area contributed by atoms with Crippen LogP contribution < -0.4 is 4.74 Å². The molecule has 2 aromatic carbocycles. The monoisotopic (exact) mass is 621 g/mol. The van der Waals surface area contributed by atoms with Gasteiger partial charge in [-0.1, -0.05) is 19.4 Å². The van der Waals surface area contributed by atoms with Gasteiger partial charge in [0.25, 0.3) is 0 Å². The van der Waals surface area contributed by atoms with E-state index in [1.165, 1.54) is 12.3 Å². The van der Waals surface area contributed by atoms with E-state index in [0.717, 1.165) is 31.0 Å². The summed E-state index contributed by atoms with van der Waals surface area (Å²) in [5.74, 6) is -2.58. The molecular formula is C35H40F2N4O4. The summed E-state index contributed by atoms with van der Waals surface area (Å²) in [6.45, 7) is 5.55. The summed E-state index contributed by atoms with van der Waals surface area (Å²) in [6, 6.07) is 9.02. The third-order valence-corrected chi connectivity index (χ3v) is 8.41. The number of carbonyl (C=O) groups excluding carboxylic acids is 2. The van der Waals surface area contributed by atoms with Crippen molar-refractivity contribution in [2.45, 2.75) is 72.4 Å². The molecule has 2 heterocycles. The van der Waals surface area contributed by atoms with Crippen LogP contribution in [0.1, 0.15) is 78.4 Å². The summed E-state index contributed by atoms with van der Waals surface area (Å²) in [5, 5.41) is 4.99. The van der Waals surface area contributed by atoms with Crippen molar-refractivity contribution in [3.05, 3.63) is 76.7 Å². The zero-order valence-electron chi connectivity index (χ0n) is 29.5. The average Bonchev–Trinajstić information content (AvgIpc) is 3.27. The Balaban J connectivity index is 1.46. The number of rotatable bonds is 9. The highest BCUT2D eigenvalue weighted by atomic mass is 19.2. The molecule has 0 unspecified atom stereocenters. The van der Waals surface area contributed by atoms with E-state index in [2.05, 4.69) is 10.1 Å². The Labute approximate surface area is 266 Å². The van der Waals surface area contributed by atoms with Crippen LogP contribution >= 0.6 is 0 Å². The zero-order valence-corrected chi connectivity index (χ0v) is 26.5. The average molecular weight is 622 g/mol. The molecule has 1 fully saturated rings. The molecule has 238 valence electrons. The third kappa shape index (κ3) is 6.55. The fourth-order valence-electron chi connectivity index (χ4n) is 5.57. The highest BCUT2D eigenvalue weighted by Gasteiger charge is 2.42. The summed E-state index contributed by atoms with van der Waals surface area (Å²) in [5.41, 5.74) is 2.18. The van der Waals surface area contributed by atoms with E-state index in [1.54, 1.807) is 56.8 Å². The molecule has 0 aliphatic heterocycles. The smallest absolute Gasteiger partial charge is 0.410 e. The number of benzene rings is 2. The van der Waals surface area contributed by atoms with Crippen LogP contribution in [0.25, 0.3) is 22.0 Å². The molecule has 1 amide bonds. The van der Waals surface area contributed by atoms with Gasteiger partial charge in [0.1, 0.15) is 11.3 Å². The Morgan fingerprint density at radius 3 is 2.58 bits per heavy atom. The largest absolute Gasteiger partial charge is 0.489 e. The molecule has 0 saturated heterocycles. The number of halogens is 2. The summed E-state index contributed by atoms with van der Waals surface area (Å²) in [6.07, 6.45) is 3.33. The molecule has 1 aliphatic rings. The van der Waals surface area contributed by atoms with Crippen molar-refractivity contribution in [2.75, 3.05) is 13.6 Å². The quantitative estimate of drug-likeness (QED) is 0.179. The second kappa shape index (κ2) is 12.2. The lowest BCUT2D eigenvalue weighted by Gasteiger charge is -2.36. The van der Waals surface area contributed by atoms with Crippen LogP contribution in [0.4, 0.5) is 13.6 Å². The second-order valence-corrected chi connectivity index (χ2v) is 12.9. The van der Waals surface area contributed by atoms with E-state index in [0.29, 0.717) is 38.2 Å². The van der Waals surface area contributed by atoms with Gasteiger partial charge < -0.3 is 14.4 Å². The van der Waals surface area contributed by atoms with Crippen LogP contribution in [0.15, 0.2) is 42.6 Å². The molecule has 45 heavy (non-hydrogen) atoms. The molecule has 2 aromatic heterocycles. The normalized spacial score (nSPS) is 15.5. The number of fused-ring (bicyclic) bond motifs is 1. The topological polar surface area (TPSA) is 86.6 Å². The Kier molecular flexibility index (Phi) is 7.64. The molecule has 0 N–H and O–H groups in total. The van der Waals surface area contributed by atoms with Crippen LogP contribution in [0, 0.1) is 24.0 Å². The number of ether oxygens (including phenoxy) is 2. The van der Waals surface area contributed by atoms with Gasteiger partial charge in [-0.15, -0.1) is 0 Å². The number of aromatic nitrogens is 3. The highest BCUT2D eigenvalue weighted by molar-refractivity contribution is 6.00. The van der Waals surface area contributed by atoms with Crippen LogP contribution in [-0.4, -0.2) is 50.7 Å². The van der Waals surface area contributed by atoms with Crippen molar-refractivity contribution >= 4 is 22.8 Å². The van der Waals surface area contributed by atoms with Crippen LogP contribution in [0.2, 0.25) is 0 Å². The standard InChI is InChI=1S/C35H40F2N4O4/c1-21-24(30(39-41(21)7)32(42)35(5)15-8-16-35)14-18-44-31-25(10-11-27(36)29(31)37)22-9-12-28-26(19-22)23(13-17-38-28)20-40(6)33(43)45-34(2,3)4/h9-13,17,19H,8,14-16,18,20H2,1-7H3/i6D3. The van der Waals surface area contributed by atoms with Crippen molar-refractivity contribution in [1.82, 2.24) is 19.7 Å². The number of pyridine rings is 1. The minimum absolute atomic E-state index is 0.0191. The second-order valence-electron chi connectivity index (χ2n) is 12.9. The van der Waals surface area contributed by atoms with Crippen molar-refractivity contribution < 1.29 is 32.0 Å². The lowest BCUT2D eigenvalue weighted by Crippen LogP contribution is -2.35. The number of amides is 1. The van der Waals surface area contributed by atoms with Gasteiger partial charge in [0.05, 0.1) is 12.1 Å². The maximum atomic E-state index is 15.4. The van der Waals surface area contributed by atoms with Crippen LogP contribution in [0.5, 0.6) is 5.75 Å². The van der Waals surface area contributed by atoms with E-state index < -0.39 is 35.7 Å². The molecule has 0 radical (unpaired) electrons. The van der Waals surface area contributed by atoms with Gasteiger partial charge >= 0.3 is 6.09 Å². The molecule has 1 saturated carbocycles. The summed E-state index contributed by atoms with van der Waals surface area (Å²) in [4.78, 5) is 31.3. The van der Waals surface area contributed by atoms with Gasteiger partial charge in [0, 0.05) is 64.9 Å². The van der Waals surface area contributed by atoms with Crippen molar-refractivity contribution in [2.24, 2.45) is 12.5 Å². The van der Waals surface area contributed by atoms with E-state index >= 15 is 4.39 Å². The lowest BCUT2D eigenvalue weighted by molar-refractivity contribution is 0.0285. The number of carbonyl (C=O) groups is 2. The Morgan fingerprint density at radius 1 is 1.16 bits per heavy atom. The molecule has 0 bridgehead atoms. The van der Waals surface area contributed by atoms with Crippen molar-refractivity contribution in [3.63, 3.8) is 0 Å². The van der Waals surface area contributed by atoms with Gasteiger partial charge in [-0.2, -0.15) is 9.49 Å². The minimum Gasteiger partial charge on any atom is -0.489 e. The van der Waals surface area contributed by atoms with E-state index in [4.69, 9.17) is 13.6 Å². The number of nitrogens with zero attached hydrogens (tertiary/aromatic N) is 4. The van der Waals surface area contributed by atoms with Crippen molar-refractivity contribution in [1.29, 1.82) is 0 Å². The lowest BCUT2D eigenvalue weighted by atomic mass is 9.66. The minimum atomic E-state index is -2.80. The summed E-state index contributed by atoms with van der Waals surface area (Å²) < 4.78 is 66.9. The van der Waals surface area contributed by atoms with Gasteiger partial charge in [0.15, 0.2) is 17.3 Å². The fraction of sp³-hybridized carbons (Fsp3) is 0.429. The Hall–Kier alpha value is -4.34. The van der Waals surface area contributed by atoms with E-state index in [9.17, 15) is 14.0 Å². The number of ketones is 1. The van der Waals surface area contributed by atoms with Crippen LogP contribution in [-0.2, 0) is 24.8 Å². The molecule has 1 aliphatic carbocycles. The third-order valence-electron chi connectivity index (χ3n) is 8.41. The molecule has 0 spiro atoms. The molecule has 10 heteroatoms. The van der Waals surface area contributed by atoms with Crippen molar-refractivity contribution in [3.8, 4) is 16.9 Å². The molecular weight excluding hydrogens is 578 g/mol. The van der Waals surface area contributed by atoms with Gasteiger partial charge in [-0.05, 0) is 82.0 Å². The first-order chi connectivity index (χ1) is 22.4. The Morgan fingerprint density at radius 2 is 1.91 bits per heavy atom. The summed E-state index contributed by atoms with van der Waals surface area (Å²) >= 11 is 0. The molecule has 5 rings (SSSR count). The first-order valence-electron chi connectivity index (χ1n) is 16.5.